The molecule has 1 aromatic rings. The number of aliphatic carboxylic acids is 1. The van der Waals surface area contributed by atoms with E-state index in [9.17, 15) is 9.90 Å². The number of carboxylic acid groups (broad SMARTS) is 1. The maximum absolute atomic E-state index is 11.3. The minimum Gasteiger partial charge on any atom is -0.480 e. The molecule has 0 bridgehead atoms. The Balaban J connectivity index is 1.76. The fourth-order valence-corrected chi connectivity index (χ4v) is 3.63. The van der Waals surface area contributed by atoms with Crippen molar-refractivity contribution in [2.75, 3.05) is 13.1 Å². The molecule has 0 radical (unpaired) electrons. The van der Waals surface area contributed by atoms with E-state index in [1.165, 1.54) is 19.3 Å². The first-order chi connectivity index (χ1) is 10.2. The highest BCUT2D eigenvalue weighted by molar-refractivity contribution is 5.71. The highest BCUT2D eigenvalue weighted by atomic mass is 16.4. The third-order valence-electron chi connectivity index (χ3n) is 4.78. The number of carbonyl (C=O) groups is 1. The van der Waals surface area contributed by atoms with Crippen LogP contribution < -0.4 is 0 Å². The summed E-state index contributed by atoms with van der Waals surface area (Å²) in [5.74, 6) is 0.881. The van der Waals surface area contributed by atoms with Gasteiger partial charge in [-0.3, -0.25) is 0 Å². The van der Waals surface area contributed by atoms with Crippen LogP contribution in [0.3, 0.4) is 0 Å². The zero-order valence-electron chi connectivity index (χ0n) is 12.7. The predicted octanol–water partition coefficient (Wildman–Crippen LogP) is 1.66. The molecular formula is C15H24N4O2. The molecule has 6 nitrogen and oxygen atoms in total. The molecule has 1 N–H and O–H groups in total. The van der Waals surface area contributed by atoms with Gasteiger partial charge in [-0.05, 0) is 38.8 Å². The van der Waals surface area contributed by atoms with Crippen LogP contribution in [0.4, 0.5) is 0 Å². The monoisotopic (exact) mass is 292 g/mol. The molecule has 0 saturated carbocycles. The number of likely N-dealkylation sites (tertiary alicyclic amines) is 1. The van der Waals surface area contributed by atoms with Gasteiger partial charge in [-0.25, -0.2) is 14.5 Å². The Bertz CT molecular complexity index is 514. The van der Waals surface area contributed by atoms with Crippen LogP contribution in [0, 0.1) is 0 Å². The molecule has 2 unspecified atom stereocenters. The van der Waals surface area contributed by atoms with Crippen LogP contribution >= 0.6 is 0 Å². The van der Waals surface area contributed by atoms with Crippen molar-refractivity contribution in [3.05, 3.63) is 11.6 Å². The van der Waals surface area contributed by atoms with E-state index in [0.717, 1.165) is 44.0 Å². The van der Waals surface area contributed by atoms with Crippen molar-refractivity contribution in [3.63, 3.8) is 0 Å². The summed E-state index contributed by atoms with van der Waals surface area (Å²) >= 11 is 0. The number of likely N-dealkylation sites (N-methyl/N-ethyl adjacent to an activating group) is 1. The summed E-state index contributed by atoms with van der Waals surface area (Å²) < 4.78 is 1.65. The van der Waals surface area contributed by atoms with Crippen LogP contribution in [0.5, 0.6) is 0 Å². The second kappa shape index (κ2) is 6.13. The number of fused-ring (bicyclic) bond motifs is 1. The lowest BCUT2D eigenvalue weighted by molar-refractivity contribution is -0.141. The van der Waals surface area contributed by atoms with Gasteiger partial charge in [0.25, 0.3) is 0 Å². The summed E-state index contributed by atoms with van der Waals surface area (Å²) in [6.07, 6.45) is 6.99. The predicted molar refractivity (Wildman–Crippen MR) is 78.2 cm³/mol. The average Bonchev–Trinajstić information content (AvgIpc) is 2.89. The average molecular weight is 292 g/mol. The van der Waals surface area contributed by atoms with Crippen LogP contribution in [0.15, 0.2) is 0 Å². The van der Waals surface area contributed by atoms with Crippen molar-refractivity contribution < 1.29 is 9.90 Å². The number of piperidine rings is 1. The molecule has 2 aliphatic rings. The Hall–Kier alpha value is -1.43. The summed E-state index contributed by atoms with van der Waals surface area (Å²) in [6.45, 7) is 4.42. The van der Waals surface area contributed by atoms with Crippen molar-refractivity contribution >= 4 is 5.97 Å². The molecule has 0 spiro atoms. The zero-order chi connectivity index (χ0) is 14.8. The largest absolute Gasteiger partial charge is 0.480 e. The lowest BCUT2D eigenvalue weighted by Crippen LogP contribution is -2.40. The molecule has 0 aliphatic carbocycles. The van der Waals surface area contributed by atoms with Crippen molar-refractivity contribution in [2.24, 2.45) is 0 Å². The van der Waals surface area contributed by atoms with Gasteiger partial charge in [-0.2, -0.15) is 5.10 Å². The Labute approximate surface area is 125 Å². The molecular weight excluding hydrogens is 268 g/mol. The van der Waals surface area contributed by atoms with E-state index in [-0.39, 0.29) is 0 Å². The fourth-order valence-electron chi connectivity index (χ4n) is 3.63. The van der Waals surface area contributed by atoms with Crippen LogP contribution in [-0.4, -0.2) is 49.9 Å². The van der Waals surface area contributed by atoms with Gasteiger partial charge >= 0.3 is 5.97 Å². The fraction of sp³-hybridized carbons (Fsp3) is 0.800. The molecule has 3 rings (SSSR count). The minimum atomic E-state index is -0.791. The van der Waals surface area contributed by atoms with Gasteiger partial charge < -0.3 is 10.0 Å². The van der Waals surface area contributed by atoms with E-state index in [2.05, 4.69) is 21.9 Å². The second-order valence-corrected chi connectivity index (χ2v) is 6.12. The number of hydrogen-bond donors (Lipinski definition) is 1. The lowest BCUT2D eigenvalue weighted by atomic mass is 9.99. The number of aryl methyl sites for hydroxylation is 1. The Morgan fingerprint density at radius 2 is 2.19 bits per heavy atom. The van der Waals surface area contributed by atoms with Crippen molar-refractivity contribution in [3.8, 4) is 0 Å². The van der Waals surface area contributed by atoms with Crippen LogP contribution in [-0.2, 0) is 17.6 Å². The van der Waals surface area contributed by atoms with E-state index >= 15 is 0 Å². The summed E-state index contributed by atoms with van der Waals surface area (Å²) in [4.78, 5) is 18.4. The van der Waals surface area contributed by atoms with E-state index < -0.39 is 12.0 Å². The summed E-state index contributed by atoms with van der Waals surface area (Å²) in [5, 5.41) is 13.8. The first-order valence-corrected chi connectivity index (χ1v) is 8.10. The topological polar surface area (TPSA) is 71.2 Å². The van der Waals surface area contributed by atoms with Gasteiger partial charge in [0.2, 0.25) is 0 Å². The Morgan fingerprint density at radius 1 is 1.33 bits per heavy atom. The van der Waals surface area contributed by atoms with Gasteiger partial charge in [0, 0.05) is 18.9 Å². The SMILES string of the molecule is CCN1CCCCC1Cc1nc2n(n1)C(C(=O)O)CCC2. The molecule has 21 heavy (non-hydrogen) atoms. The minimum absolute atomic E-state index is 0.511. The first kappa shape index (κ1) is 14.5. The number of carboxylic acids is 1. The number of aromatic nitrogens is 3. The van der Waals surface area contributed by atoms with E-state index in [1.54, 1.807) is 4.68 Å². The zero-order valence-corrected chi connectivity index (χ0v) is 12.7. The van der Waals surface area contributed by atoms with Crippen LogP contribution in [0.1, 0.15) is 56.7 Å². The first-order valence-electron chi connectivity index (χ1n) is 8.10. The molecule has 3 heterocycles. The number of nitrogens with zero attached hydrogens (tertiary/aromatic N) is 4. The van der Waals surface area contributed by atoms with Crippen molar-refractivity contribution in [1.29, 1.82) is 0 Å². The van der Waals surface area contributed by atoms with Crippen LogP contribution in [0.25, 0.3) is 0 Å². The normalized spacial score (nSPS) is 26.5. The number of hydrogen-bond acceptors (Lipinski definition) is 4. The summed E-state index contributed by atoms with van der Waals surface area (Å²) in [5.41, 5.74) is 0. The highest BCUT2D eigenvalue weighted by Crippen LogP contribution is 2.25. The molecule has 116 valence electrons. The molecule has 6 heteroatoms. The second-order valence-electron chi connectivity index (χ2n) is 6.12. The summed E-state index contributed by atoms with van der Waals surface area (Å²) in [6, 6.07) is -0.0138. The van der Waals surface area contributed by atoms with E-state index in [0.29, 0.717) is 12.5 Å². The maximum atomic E-state index is 11.3. The molecule has 2 aliphatic heterocycles. The van der Waals surface area contributed by atoms with E-state index in [1.807, 2.05) is 0 Å². The Kier molecular flexibility index (Phi) is 4.24. The maximum Gasteiger partial charge on any atom is 0.328 e. The third-order valence-corrected chi connectivity index (χ3v) is 4.78. The molecule has 2 atom stereocenters. The smallest absolute Gasteiger partial charge is 0.328 e. The summed E-state index contributed by atoms with van der Waals surface area (Å²) in [7, 11) is 0. The standard InChI is InChI=1S/C15H24N4O2/c1-2-18-9-4-3-6-11(18)10-13-16-14-8-5-7-12(15(20)21)19(14)17-13/h11-12H,2-10H2,1H3,(H,20,21). The molecule has 1 saturated heterocycles. The van der Waals surface area contributed by atoms with Gasteiger partial charge in [-0.15, -0.1) is 0 Å². The molecule has 0 amide bonds. The quantitative estimate of drug-likeness (QED) is 0.913. The molecule has 1 fully saturated rings. The Morgan fingerprint density at radius 3 is 2.95 bits per heavy atom. The van der Waals surface area contributed by atoms with Gasteiger partial charge in [-0.1, -0.05) is 13.3 Å². The van der Waals surface area contributed by atoms with Crippen molar-refractivity contribution in [2.45, 2.75) is 64.0 Å². The van der Waals surface area contributed by atoms with Gasteiger partial charge in [0.05, 0.1) is 0 Å². The number of rotatable bonds is 4. The third kappa shape index (κ3) is 2.95. The van der Waals surface area contributed by atoms with Gasteiger partial charge in [0.15, 0.2) is 11.9 Å². The lowest BCUT2D eigenvalue weighted by Gasteiger charge is -2.34. The van der Waals surface area contributed by atoms with Crippen LogP contribution in [0.2, 0.25) is 0 Å². The molecule has 1 aromatic heterocycles. The van der Waals surface area contributed by atoms with E-state index in [4.69, 9.17) is 0 Å². The molecule has 0 aromatic carbocycles. The van der Waals surface area contributed by atoms with Gasteiger partial charge in [0.1, 0.15) is 5.82 Å². The highest BCUT2D eigenvalue weighted by Gasteiger charge is 2.30. The van der Waals surface area contributed by atoms with Crippen molar-refractivity contribution in [1.82, 2.24) is 19.7 Å².